The van der Waals surface area contributed by atoms with E-state index in [1.54, 1.807) is 6.07 Å². The minimum Gasteiger partial charge on any atom is -0.481 e. The Balaban J connectivity index is 1.43. The number of carbonyl (C=O) groups is 3. The van der Waals surface area contributed by atoms with Gasteiger partial charge >= 0.3 is 5.97 Å². The van der Waals surface area contributed by atoms with Crippen molar-refractivity contribution in [3.8, 4) is 0 Å². The fourth-order valence-corrected chi connectivity index (χ4v) is 5.51. The van der Waals surface area contributed by atoms with Gasteiger partial charge < -0.3 is 25.5 Å². The topological polar surface area (TPSA) is 148 Å². The highest BCUT2D eigenvalue weighted by atomic mass is 32.2. The Morgan fingerprint density at radius 1 is 1.06 bits per heavy atom. The van der Waals surface area contributed by atoms with Gasteiger partial charge in [0.15, 0.2) is 0 Å². The van der Waals surface area contributed by atoms with Crippen LogP contribution in [0.25, 0.3) is 0 Å². The van der Waals surface area contributed by atoms with E-state index in [0.29, 0.717) is 18.5 Å². The van der Waals surface area contributed by atoms with Gasteiger partial charge in [-0.2, -0.15) is 4.72 Å². The maximum atomic E-state index is 13.2. The maximum Gasteiger partial charge on any atom is 0.306 e. The molecule has 12 heteroatoms. The van der Waals surface area contributed by atoms with Gasteiger partial charge in [-0.15, -0.1) is 0 Å². The van der Waals surface area contributed by atoms with Crippen molar-refractivity contribution in [3.05, 3.63) is 59.7 Å². The van der Waals surface area contributed by atoms with Gasteiger partial charge in [0.05, 0.1) is 17.9 Å². The summed E-state index contributed by atoms with van der Waals surface area (Å²) in [5, 5.41) is 14.9. The van der Waals surface area contributed by atoms with Crippen molar-refractivity contribution in [1.82, 2.24) is 20.3 Å². The Kier molecular flexibility index (Phi) is 7.87. The molecule has 0 saturated carbocycles. The average molecular weight is 516 g/mol. The van der Waals surface area contributed by atoms with E-state index in [-0.39, 0.29) is 17.3 Å². The summed E-state index contributed by atoms with van der Waals surface area (Å²) in [4.78, 5) is 40.8. The molecular weight excluding hydrogens is 486 g/mol. The number of carboxylic acids is 1. The van der Waals surface area contributed by atoms with Gasteiger partial charge in [-0.3, -0.25) is 14.4 Å². The predicted octanol–water partition coefficient (Wildman–Crippen LogP) is -0.01000. The first-order valence-corrected chi connectivity index (χ1v) is 13.2. The molecule has 0 bridgehead atoms. The third-order valence-corrected chi connectivity index (χ3v) is 7.63. The van der Waals surface area contributed by atoms with E-state index in [4.69, 9.17) is 0 Å². The molecular formula is C24H29N5O6S. The van der Waals surface area contributed by atoms with Crippen LogP contribution in [0.15, 0.2) is 53.4 Å². The molecule has 0 spiro atoms. The van der Waals surface area contributed by atoms with E-state index in [0.717, 1.165) is 37.4 Å². The van der Waals surface area contributed by atoms with Gasteiger partial charge in [-0.1, -0.05) is 24.3 Å². The number of sulfonamides is 1. The van der Waals surface area contributed by atoms with Crippen LogP contribution in [0.4, 0.5) is 5.69 Å². The number of carboxylic acid groups (broad SMARTS) is 1. The molecule has 0 aromatic heterocycles. The van der Waals surface area contributed by atoms with Crippen molar-refractivity contribution in [1.29, 1.82) is 0 Å². The second kappa shape index (κ2) is 11.1. The highest BCUT2D eigenvalue weighted by Crippen LogP contribution is 2.25. The van der Waals surface area contributed by atoms with E-state index in [1.807, 2.05) is 18.2 Å². The van der Waals surface area contributed by atoms with Crippen LogP contribution in [0.3, 0.4) is 0 Å². The molecule has 2 heterocycles. The number of piperazine rings is 1. The molecule has 2 aromatic carbocycles. The average Bonchev–Trinajstić information content (AvgIpc) is 2.86. The van der Waals surface area contributed by atoms with Crippen LogP contribution in [-0.2, 0) is 26.0 Å². The summed E-state index contributed by atoms with van der Waals surface area (Å²) in [6.07, 6.45) is -1.47. The number of nitrogens with zero attached hydrogens (tertiary/aromatic N) is 2. The Labute approximate surface area is 209 Å². The maximum absolute atomic E-state index is 13.2. The molecule has 11 nitrogen and oxygen atoms in total. The molecule has 1 atom stereocenters. The minimum atomic E-state index is -4.07. The highest BCUT2D eigenvalue weighted by Gasteiger charge is 2.29. The normalized spacial score (nSPS) is 16.8. The number of hydrogen-bond acceptors (Lipinski definition) is 7. The largest absolute Gasteiger partial charge is 0.481 e. The quantitative estimate of drug-likeness (QED) is 0.341. The smallest absolute Gasteiger partial charge is 0.306 e. The molecule has 4 N–H and O–H groups in total. The lowest BCUT2D eigenvalue weighted by Crippen LogP contribution is -2.52. The number of nitrogens with one attached hydrogen (secondary N) is 3. The first kappa shape index (κ1) is 25.6. The SMILES string of the molecule is O=C(O)C[C@@H](NC(=O)CN1CCc2ccc(N3CCNCC3)cc2C1=O)NS(=O)(=O)c1ccccc1. The van der Waals surface area contributed by atoms with Crippen LogP contribution in [-0.4, -0.2) is 81.6 Å². The molecule has 2 aliphatic heterocycles. The zero-order valence-electron chi connectivity index (χ0n) is 19.6. The fraction of sp³-hybridized carbons (Fsp3) is 0.375. The van der Waals surface area contributed by atoms with Crippen molar-refractivity contribution in [2.24, 2.45) is 0 Å². The molecule has 2 aliphatic rings. The molecule has 36 heavy (non-hydrogen) atoms. The third-order valence-electron chi connectivity index (χ3n) is 6.14. The molecule has 4 rings (SSSR count). The van der Waals surface area contributed by atoms with E-state index in [9.17, 15) is 27.9 Å². The fourth-order valence-electron chi connectivity index (χ4n) is 4.34. The number of rotatable bonds is 9. The van der Waals surface area contributed by atoms with Crippen LogP contribution < -0.4 is 20.3 Å². The number of amides is 2. The van der Waals surface area contributed by atoms with Crippen molar-refractivity contribution in [3.63, 3.8) is 0 Å². The number of carbonyl (C=O) groups excluding carboxylic acids is 2. The van der Waals surface area contributed by atoms with Gasteiger partial charge in [0, 0.05) is 44.0 Å². The van der Waals surface area contributed by atoms with Gasteiger partial charge in [0.1, 0.15) is 6.17 Å². The first-order valence-electron chi connectivity index (χ1n) is 11.7. The number of anilines is 1. The van der Waals surface area contributed by atoms with Gasteiger partial charge in [0.25, 0.3) is 5.91 Å². The summed E-state index contributed by atoms with van der Waals surface area (Å²) in [5.74, 6) is -2.24. The lowest BCUT2D eigenvalue weighted by Gasteiger charge is -2.32. The van der Waals surface area contributed by atoms with Crippen LogP contribution in [0, 0.1) is 0 Å². The Morgan fingerprint density at radius 2 is 1.78 bits per heavy atom. The van der Waals surface area contributed by atoms with E-state index >= 15 is 0 Å². The van der Waals surface area contributed by atoms with Gasteiger partial charge in [-0.05, 0) is 36.2 Å². The second-order valence-electron chi connectivity index (χ2n) is 8.71. The number of fused-ring (bicyclic) bond motifs is 1. The Hall–Kier alpha value is -3.48. The van der Waals surface area contributed by atoms with Crippen molar-refractivity contribution < 1.29 is 27.9 Å². The van der Waals surface area contributed by atoms with Crippen molar-refractivity contribution in [2.75, 3.05) is 44.2 Å². The summed E-state index contributed by atoms with van der Waals surface area (Å²) >= 11 is 0. The second-order valence-corrected chi connectivity index (χ2v) is 10.4. The van der Waals surface area contributed by atoms with E-state index < -0.39 is 34.5 Å². The lowest BCUT2D eigenvalue weighted by atomic mass is 9.97. The van der Waals surface area contributed by atoms with Crippen molar-refractivity contribution >= 4 is 33.5 Å². The van der Waals surface area contributed by atoms with Crippen LogP contribution >= 0.6 is 0 Å². The molecule has 192 valence electrons. The highest BCUT2D eigenvalue weighted by molar-refractivity contribution is 7.89. The monoisotopic (exact) mass is 515 g/mol. The van der Waals surface area contributed by atoms with Crippen molar-refractivity contribution in [2.45, 2.75) is 23.9 Å². The predicted molar refractivity (Wildman–Crippen MR) is 132 cm³/mol. The Morgan fingerprint density at radius 3 is 2.47 bits per heavy atom. The number of aliphatic carboxylic acids is 1. The van der Waals surface area contributed by atoms with E-state index in [1.165, 1.54) is 29.2 Å². The summed E-state index contributed by atoms with van der Waals surface area (Å²) in [6, 6.07) is 13.3. The molecule has 2 amide bonds. The summed E-state index contributed by atoms with van der Waals surface area (Å²) in [5.41, 5.74) is 2.40. The number of benzene rings is 2. The standard InChI is InChI=1S/C24H29N5O6S/c30-22(26-21(15-23(31)32)27-36(34,35)19-4-2-1-3-5-19)16-29-11-8-17-6-7-18(14-20(17)24(29)33)28-12-9-25-10-13-28/h1-7,14,21,25,27H,8-13,15-16H2,(H,26,30)(H,31,32)/t21-/m0/s1. The van der Waals surface area contributed by atoms with Crippen LogP contribution in [0.1, 0.15) is 22.3 Å². The first-order chi connectivity index (χ1) is 17.2. The summed E-state index contributed by atoms with van der Waals surface area (Å²) in [6.45, 7) is 3.41. The van der Waals surface area contributed by atoms with Gasteiger partial charge in [0.2, 0.25) is 15.9 Å². The molecule has 0 radical (unpaired) electrons. The van der Waals surface area contributed by atoms with Gasteiger partial charge in [-0.25, -0.2) is 8.42 Å². The van der Waals surface area contributed by atoms with Crippen LogP contribution in [0.2, 0.25) is 0 Å². The Bertz CT molecular complexity index is 1230. The van der Waals surface area contributed by atoms with E-state index in [2.05, 4.69) is 20.3 Å². The summed E-state index contributed by atoms with van der Waals surface area (Å²) < 4.78 is 27.5. The number of hydrogen-bond donors (Lipinski definition) is 4. The third kappa shape index (κ3) is 6.20. The summed E-state index contributed by atoms with van der Waals surface area (Å²) in [7, 11) is -4.07. The lowest BCUT2D eigenvalue weighted by molar-refractivity contribution is -0.137. The molecule has 0 aliphatic carbocycles. The molecule has 1 fully saturated rings. The minimum absolute atomic E-state index is 0.0576. The molecule has 1 saturated heterocycles. The molecule has 2 aromatic rings. The van der Waals surface area contributed by atoms with Crippen LogP contribution in [0.5, 0.6) is 0 Å². The zero-order valence-corrected chi connectivity index (χ0v) is 20.5. The molecule has 0 unspecified atom stereocenters. The zero-order chi connectivity index (χ0) is 25.7.